The summed E-state index contributed by atoms with van der Waals surface area (Å²) in [4.78, 5) is 31.7. The van der Waals surface area contributed by atoms with E-state index in [0.29, 0.717) is 28.0 Å². The summed E-state index contributed by atoms with van der Waals surface area (Å²) in [6, 6.07) is 4.98. The van der Waals surface area contributed by atoms with Gasteiger partial charge in [0, 0.05) is 36.4 Å². The summed E-state index contributed by atoms with van der Waals surface area (Å²) in [7, 11) is 0. The van der Waals surface area contributed by atoms with Gasteiger partial charge < -0.3 is 5.73 Å². The summed E-state index contributed by atoms with van der Waals surface area (Å²) < 4.78 is 0. The molecule has 1 aliphatic rings. The van der Waals surface area contributed by atoms with Crippen LogP contribution in [0.25, 0.3) is 11.3 Å². The van der Waals surface area contributed by atoms with Gasteiger partial charge in [0.15, 0.2) is 11.6 Å². The number of rotatable bonds is 4. The van der Waals surface area contributed by atoms with E-state index in [1.54, 1.807) is 41.7 Å². The summed E-state index contributed by atoms with van der Waals surface area (Å²) in [5, 5.41) is 3.31. The van der Waals surface area contributed by atoms with Gasteiger partial charge in [-0.3, -0.25) is 20.2 Å². The molecule has 1 aliphatic carbocycles. The number of nitrogens with zero attached hydrogens (tertiary/aromatic N) is 5. The van der Waals surface area contributed by atoms with Crippen LogP contribution in [0.4, 0.5) is 22.1 Å². The van der Waals surface area contributed by atoms with E-state index in [2.05, 4.69) is 20.3 Å². The third-order valence-electron chi connectivity index (χ3n) is 4.84. The normalized spacial score (nSPS) is 14.0. The predicted octanol–water partition coefficient (Wildman–Crippen LogP) is 4.15. The summed E-state index contributed by atoms with van der Waals surface area (Å²) in [6.45, 7) is 0. The zero-order valence-electron chi connectivity index (χ0n) is 15.6. The zero-order chi connectivity index (χ0) is 20.2. The van der Waals surface area contributed by atoms with Crippen LogP contribution in [0, 0.1) is 0 Å². The van der Waals surface area contributed by atoms with Crippen LogP contribution < -0.4 is 16.0 Å². The molecule has 0 atom stereocenters. The van der Waals surface area contributed by atoms with Crippen molar-refractivity contribution in [1.29, 1.82) is 0 Å². The fourth-order valence-electron chi connectivity index (χ4n) is 3.50. The second-order valence-corrected chi connectivity index (χ2v) is 7.27. The minimum absolute atomic E-state index is 0.00853. The first-order chi connectivity index (χ1) is 14.1. The molecule has 3 heterocycles. The molecule has 3 aromatic heterocycles. The van der Waals surface area contributed by atoms with Gasteiger partial charge in [-0.2, -0.15) is 0 Å². The molecule has 0 saturated heterocycles. The highest BCUT2D eigenvalue weighted by molar-refractivity contribution is 6.30. The van der Waals surface area contributed by atoms with Crippen LogP contribution in [0.1, 0.15) is 25.7 Å². The first-order valence-corrected chi connectivity index (χ1v) is 9.73. The summed E-state index contributed by atoms with van der Waals surface area (Å²) in [5.74, 6) is 0.782. The lowest BCUT2D eigenvalue weighted by atomic mass is 10.1. The van der Waals surface area contributed by atoms with Crippen molar-refractivity contribution >= 4 is 35.0 Å². The standard InChI is InChI=1S/C20H20ClN7O/c21-14-9-13(10-24-11-14)17-6-5-16(22)19(26-17)28(15-3-1-2-4-15)20(29)27-18-12-23-7-8-25-18/h5-12,15H,1-4,22H2,(H,25,27,29). The topological polar surface area (TPSA) is 110 Å². The predicted molar refractivity (Wildman–Crippen MR) is 113 cm³/mol. The molecular formula is C20H20ClN7O. The second kappa shape index (κ2) is 8.40. The number of anilines is 3. The number of hydrogen-bond donors (Lipinski definition) is 2. The maximum absolute atomic E-state index is 13.2. The number of urea groups is 1. The lowest BCUT2D eigenvalue weighted by Gasteiger charge is -2.29. The SMILES string of the molecule is Nc1ccc(-c2cncc(Cl)c2)nc1N(C(=O)Nc1cnccn1)C1CCCC1. The first kappa shape index (κ1) is 19.1. The van der Waals surface area contributed by atoms with Crippen molar-refractivity contribution in [3.63, 3.8) is 0 Å². The van der Waals surface area contributed by atoms with Crippen LogP contribution in [0.2, 0.25) is 5.02 Å². The maximum atomic E-state index is 13.2. The Morgan fingerprint density at radius 2 is 1.97 bits per heavy atom. The van der Waals surface area contributed by atoms with Gasteiger partial charge in [0.2, 0.25) is 0 Å². The molecule has 3 aromatic rings. The number of amides is 2. The second-order valence-electron chi connectivity index (χ2n) is 6.83. The van der Waals surface area contributed by atoms with Crippen molar-refractivity contribution < 1.29 is 4.79 Å². The van der Waals surface area contributed by atoms with Gasteiger partial charge >= 0.3 is 6.03 Å². The Hall–Kier alpha value is -3.26. The molecule has 2 amide bonds. The highest BCUT2D eigenvalue weighted by atomic mass is 35.5. The molecule has 0 bridgehead atoms. The molecule has 0 spiro atoms. The van der Waals surface area contributed by atoms with Gasteiger partial charge in [-0.25, -0.2) is 14.8 Å². The summed E-state index contributed by atoms with van der Waals surface area (Å²) >= 11 is 6.07. The van der Waals surface area contributed by atoms with E-state index in [-0.39, 0.29) is 12.1 Å². The Bertz CT molecular complexity index is 1010. The minimum atomic E-state index is -0.335. The van der Waals surface area contributed by atoms with Gasteiger partial charge in [0.1, 0.15) is 0 Å². The molecule has 29 heavy (non-hydrogen) atoms. The van der Waals surface area contributed by atoms with E-state index >= 15 is 0 Å². The third kappa shape index (κ3) is 4.27. The summed E-state index contributed by atoms with van der Waals surface area (Å²) in [6.07, 6.45) is 11.7. The lowest BCUT2D eigenvalue weighted by Crippen LogP contribution is -2.43. The molecule has 0 aromatic carbocycles. The fourth-order valence-corrected chi connectivity index (χ4v) is 3.67. The Morgan fingerprint density at radius 3 is 2.69 bits per heavy atom. The highest BCUT2D eigenvalue weighted by Gasteiger charge is 2.31. The number of hydrogen-bond acceptors (Lipinski definition) is 6. The van der Waals surface area contributed by atoms with E-state index in [1.165, 1.54) is 12.4 Å². The third-order valence-corrected chi connectivity index (χ3v) is 5.05. The largest absolute Gasteiger partial charge is 0.396 e. The van der Waals surface area contributed by atoms with E-state index in [1.807, 2.05) is 0 Å². The maximum Gasteiger partial charge on any atom is 0.329 e. The molecular weight excluding hydrogens is 390 g/mol. The average molecular weight is 410 g/mol. The smallest absolute Gasteiger partial charge is 0.329 e. The Kier molecular flexibility index (Phi) is 5.53. The zero-order valence-corrected chi connectivity index (χ0v) is 16.4. The number of carbonyl (C=O) groups excluding carboxylic acids is 1. The van der Waals surface area contributed by atoms with Crippen LogP contribution in [-0.2, 0) is 0 Å². The van der Waals surface area contributed by atoms with E-state index in [4.69, 9.17) is 22.3 Å². The monoisotopic (exact) mass is 409 g/mol. The van der Waals surface area contributed by atoms with Crippen molar-refractivity contribution in [2.24, 2.45) is 0 Å². The molecule has 0 unspecified atom stereocenters. The average Bonchev–Trinajstić information content (AvgIpc) is 3.24. The Labute approximate surface area is 173 Å². The molecule has 148 valence electrons. The number of pyridine rings is 2. The van der Waals surface area contributed by atoms with Crippen LogP contribution in [0.15, 0.2) is 49.2 Å². The number of nitrogens with one attached hydrogen (secondary N) is 1. The van der Waals surface area contributed by atoms with Gasteiger partial charge in [-0.1, -0.05) is 24.4 Å². The van der Waals surface area contributed by atoms with Crippen molar-refractivity contribution in [2.75, 3.05) is 16.0 Å². The quantitative estimate of drug-likeness (QED) is 0.669. The minimum Gasteiger partial charge on any atom is -0.396 e. The van der Waals surface area contributed by atoms with Crippen LogP contribution in [0.3, 0.4) is 0 Å². The van der Waals surface area contributed by atoms with Crippen LogP contribution in [-0.4, -0.2) is 32.0 Å². The highest BCUT2D eigenvalue weighted by Crippen LogP contribution is 2.33. The number of halogens is 1. The first-order valence-electron chi connectivity index (χ1n) is 9.35. The van der Waals surface area contributed by atoms with Gasteiger partial charge in [0.25, 0.3) is 0 Å². The van der Waals surface area contributed by atoms with Crippen molar-refractivity contribution in [1.82, 2.24) is 19.9 Å². The molecule has 3 N–H and O–H groups in total. The van der Waals surface area contributed by atoms with E-state index in [9.17, 15) is 4.79 Å². The Morgan fingerprint density at radius 1 is 1.14 bits per heavy atom. The lowest BCUT2D eigenvalue weighted by molar-refractivity contribution is 0.254. The van der Waals surface area contributed by atoms with Crippen molar-refractivity contribution in [2.45, 2.75) is 31.7 Å². The Balaban J connectivity index is 1.72. The van der Waals surface area contributed by atoms with E-state index < -0.39 is 0 Å². The molecule has 1 saturated carbocycles. The van der Waals surface area contributed by atoms with Crippen LogP contribution >= 0.6 is 11.6 Å². The molecule has 0 radical (unpaired) electrons. The molecule has 0 aliphatic heterocycles. The molecule has 4 rings (SSSR count). The summed E-state index contributed by atoms with van der Waals surface area (Å²) in [5.41, 5.74) is 8.05. The number of aromatic nitrogens is 4. The van der Waals surface area contributed by atoms with Crippen molar-refractivity contribution in [3.05, 3.63) is 54.2 Å². The van der Waals surface area contributed by atoms with Crippen LogP contribution in [0.5, 0.6) is 0 Å². The number of nitrogens with two attached hydrogens (primary N) is 1. The fraction of sp³-hybridized carbons (Fsp3) is 0.250. The number of carbonyl (C=O) groups is 1. The molecule has 1 fully saturated rings. The van der Waals surface area contributed by atoms with E-state index in [0.717, 1.165) is 31.2 Å². The van der Waals surface area contributed by atoms with Gasteiger partial charge in [-0.05, 0) is 31.0 Å². The van der Waals surface area contributed by atoms with Gasteiger partial charge in [0.05, 0.1) is 22.6 Å². The van der Waals surface area contributed by atoms with Gasteiger partial charge in [-0.15, -0.1) is 0 Å². The molecule has 8 nitrogen and oxygen atoms in total. The molecule has 9 heteroatoms. The van der Waals surface area contributed by atoms with Crippen molar-refractivity contribution in [3.8, 4) is 11.3 Å². The number of nitrogen functional groups attached to an aromatic ring is 1.